The van der Waals surface area contributed by atoms with Crippen LogP contribution in [0.15, 0.2) is 27.6 Å². The van der Waals surface area contributed by atoms with Gasteiger partial charge in [0.15, 0.2) is 0 Å². The van der Waals surface area contributed by atoms with Gasteiger partial charge in [0.1, 0.15) is 5.75 Å². The molecule has 21 heavy (non-hydrogen) atoms. The van der Waals surface area contributed by atoms with Gasteiger partial charge in [-0.15, -0.1) is 0 Å². The molecule has 8 heteroatoms. The van der Waals surface area contributed by atoms with Gasteiger partial charge in [0, 0.05) is 39.3 Å². The number of nitrogens with one attached hydrogen (secondary N) is 2. The largest absolute Gasteiger partial charge is 0.496 e. The Balaban J connectivity index is 1.93. The SMILES string of the molecule is COc1ccc(S(=O)(=O)NCCN2CCNCC2)cc1Br. The molecule has 2 N–H and O–H groups in total. The summed E-state index contributed by atoms with van der Waals surface area (Å²) in [4.78, 5) is 2.47. The highest BCUT2D eigenvalue weighted by Gasteiger charge is 2.16. The highest BCUT2D eigenvalue weighted by atomic mass is 79.9. The van der Waals surface area contributed by atoms with Crippen molar-refractivity contribution in [3.05, 3.63) is 22.7 Å². The number of piperazine rings is 1. The van der Waals surface area contributed by atoms with Crippen LogP contribution in [0.4, 0.5) is 0 Å². The summed E-state index contributed by atoms with van der Waals surface area (Å²) < 4.78 is 32.8. The van der Waals surface area contributed by atoms with Gasteiger partial charge in [-0.3, -0.25) is 4.90 Å². The Hall–Kier alpha value is -0.670. The van der Waals surface area contributed by atoms with Crippen molar-refractivity contribution in [1.82, 2.24) is 14.9 Å². The Morgan fingerprint density at radius 3 is 2.71 bits per heavy atom. The molecule has 6 nitrogen and oxygen atoms in total. The maximum absolute atomic E-state index is 12.2. The predicted molar refractivity (Wildman–Crippen MR) is 85.2 cm³/mol. The van der Waals surface area contributed by atoms with Gasteiger partial charge in [-0.05, 0) is 34.1 Å². The molecule has 1 fully saturated rings. The second kappa shape index (κ2) is 7.55. The molecular formula is C13H20BrN3O3S. The second-order valence-corrected chi connectivity index (χ2v) is 7.41. The van der Waals surface area contributed by atoms with E-state index in [1.165, 1.54) is 6.07 Å². The van der Waals surface area contributed by atoms with Gasteiger partial charge >= 0.3 is 0 Å². The predicted octanol–water partition coefficient (Wildman–Crippen LogP) is 0.641. The Labute approximate surface area is 134 Å². The molecule has 1 aromatic rings. The normalized spacial score (nSPS) is 16.9. The quantitative estimate of drug-likeness (QED) is 0.761. The topological polar surface area (TPSA) is 70.7 Å². The zero-order valence-corrected chi connectivity index (χ0v) is 14.3. The van der Waals surface area contributed by atoms with Crippen LogP contribution in [0.5, 0.6) is 5.75 Å². The van der Waals surface area contributed by atoms with Gasteiger partial charge in [0.2, 0.25) is 10.0 Å². The van der Waals surface area contributed by atoms with Crippen molar-refractivity contribution >= 4 is 26.0 Å². The molecule has 0 aliphatic carbocycles. The van der Waals surface area contributed by atoms with E-state index in [-0.39, 0.29) is 4.90 Å². The average Bonchev–Trinajstić information content (AvgIpc) is 2.48. The van der Waals surface area contributed by atoms with E-state index in [1.807, 2.05) is 0 Å². The highest BCUT2D eigenvalue weighted by molar-refractivity contribution is 9.10. The summed E-state index contributed by atoms with van der Waals surface area (Å²) in [6.45, 7) is 4.95. The summed E-state index contributed by atoms with van der Waals surface area (Å²) in [6, 6.07) is 4.72. The van der Waals surface area contributed by atoms with E-state index in [0.717, 1.165) is 32.7 Å². The third kappa shape index (κ3) is 4.65. The molecule has 0 atom stereocenters. The van der Waals surface area contributed by atoms with E-state index in [1.54, 1.807) is 19.2 Å². The molecule has 1 aromatic carbocycles. The first kappa shape index (κ1) is 16.7. The number of ether oxygens (including phenoxy) is 1. The summed E-state index contributed by atoms with van der Waals surface area (Å²) in [5.74, 6) is 0.606. The molecule has 0 bridgehead atoms. The van der Waals surface area contributed by atoms with Crippen LogP contribution < -0.4 is 14.8 Å². The number of benzene rings is 1. The number of rotatable bonds is 6. The van der Waals surface area contributed by atoms with Crippen LogP contribution in [-0.4, -0.2) is 59.7 Å². The number of methoxy groups -OCH3 is 1. The molecule has 0 spiro atoms. The van der Waals surface area contributed by atoms with Gasteiger partial charge in [-0.25, -0.2) is 13.1 Å². The van der Waals surface area contributed by atoms with Crippen molar-refractivity contribution in [2.24, 2.45) is 0 Å². The molecule has 118 valence electrons. The molecule has 0 saturated carbocycles. The van der Waals surface area contributed by atoms with E-state index in [0.29, 0.717) is 16.8 Å². The first-order valence-electron chi connectivity index (χ1n) is 6.79. The number of sulfonamides is 1. The Bertz CT molecular complexity index is 574. The van der Waals surface area contributed by atoms with Crippen LogP contribution in [0.1, 0.15) is 0 Å². The average molecular weight is 378 g/mol. The lowest BCUT2D eigenvalue weighted by molar-refractivity contribution is 0.245. The monoisotopic (exact) mass is 377 g/mol. The molecule has 1 heterocycles. The molecule has 2 rings (SSSR count). The van der Waals surface area contributed by atoms with Crippen LogP contribution in [0.25, 0.3) is 0 Å². The first-order chi connectivity index (χ1) is 10.0. The lowest BCUT2D eigenvalue weighted by atomic mass is 10.3. The molecule has 0 amide bonds. The maximum atomic E-state index is 12.2. The molecule has 1 saturated heterocycles. The molecule has 0 aromatic heterocycles. The van der Waals surface area contributed by atoms with Crippen LogP contribution >= 0.6 is 15.9 Å². The Morgan fingerprint density at radius 2 is 2.10 bits per heavy atom. The van der Waals surface area contributed by atoms with Crippen LogP contribution in [0.3, 0.4) is 0 Å². The summed E-state index contributed by atoms with van der Waals surface area (Å²) in [6.07, 6.45) is 0. The minimum absolute atomic E-state index is 0.232. The molecule has 0 radical (unpaired) electrons. The van der Waals surface area contributed by atoms with Gasteiger partial charge in [-0.1, -0.05) is 0 Å². The summed E-state index contributed by atoms with van der Waals surface area (Å²) in [5.41, 5.74) is 0. The molecule has 1 aliphatic heterocycles. The lowest BCUT2D eigenvalue weighted by Crippen LogP contribution is -2.46. The van der Waals surface area contributed by atoms with Crippen molar-refractivity contribution in [2.45, 2.75) is 4.90 Å². The molecular weight excluding hydrogens is 358 g/mol. The molecule has 0 unspecified atom stereocenters. The summed E-state index contributed by atoms with van der Waals surface area (Å²) in [5, 5.41) is 3.27. The van der Waals surface area contributed by atoms with Crippen molar-refractivity contribution < 1.29 is 13.2 Å². The fraction of sp³-hybridized carbons (Fsp3) is 0.538. The van der Waals surface area contributed by atoms with E-state index in [9.17, 15) is 8.42 Å². The van der Waals surface area contributed by atoms with E-state index < -0.39 is 10.0 Å². The Kier molecular flexibility index (Phi) is 6.00. The maximum Gasteiger partial charge on any atom is 0.240 e. The zero-order chi connectivity index (χ0) is 15.3. The van der Waals surface area contributed by atoms with Crippen LogP contribution in [0.2, 0.25) is 0 Å². The van der Waals surface area contributed by atoms with Crippen LogP contribution in [0, 0.1) is 0 Å². The third-order valence-corrected chi connectivity index (χ3v) is 5.44. The minimum Gasteiger partial charge on any atom is -0.496 e. The van der Waals surface area contributed by atoms with Crippen molar-refractivity contribution in [3.63, 3.8) is 0 Å². The van der Waals surface area contributed by atoms with Crippen molar-refractivity contribution in [3.8, 4) is 5.75 Å². The number of hydrogen-bond donors (Lipinski definition) is 2. The van der Waals surface area contributed by atoms with E-state index in [4.69, 9.17) is 4.74 Å². The number of hydrogen-bond acceptors (Lipinski definition) is 5. The second-order valence-electron chi connectivity index (χ2n) is 4.79. The van der Waals surface area contributed by atoms with Gasteiger partial charge in [-0.2, -0.15) is 0 Å². The smallest absolute Gasteiger partial charge is 0.240 e. The number of halogens is 1. The third-order valence-electron chi connectivity index (χ3n) is 3.36. The summed E-state index contributed by atoms with van der Waals surface area (Å²) in [7, 11) is -1.94. The lowest BCUT2D eigenvalue weighted by Gasteiger charge is -2.27. The van der Waals surface area contributed by atoms with Crippen molar-refractivity contribution in [2.75, 3.05) is 46.4 Å². The standard InChI is InChI=1S/C13H20BrN3O3S/c1-20-13-3-2-11(10-12(13)14)21(18,19)16-6-9-17-7-4-15-5-8-17/h2-3,10,15-16H,4-9H2,1H3. The van der Waals surface area contributed by atoms with Gasteiger partial charge < -0.3 is 10.1 Å². The van der Waals surface area contributed by atoms with Crippen molar-refractivity contribution in [1.29, 1.82) is 0 Å². The molecule has 1 aliphatic rings. The van der Waals surface area contributed by atoms with Crippen LogP contribution in [-0.2, 0) is 10.0 Å². The minimum atomic E-state index is -3.49. The van der Waals surface area contributed by atoms with E-state index >= 15 is 0 Å². The number of nitrogens with zero attached hydrogens (tertiary/aromatic N) is 1. The van der Waals surface area contributed by atoms with E-state index in [2.05, 4.69) is 30.9 Å². The Morgan fingerprint density at radius 1 is 1.38 bits per heavy atom. The van der Waals surface area contributed by atoms with Gasteiger partial charge in [0.25, 0.3) is 0 Å². The fourth-order valence-electron chi connectivity index (χ4n) is 2.17. The first-order valence-corrected chi connectivity index (χ1v) is 9.07. The highest BCUT2D eigenvalue weighted by Crippen LogP contribution is 2.27. The summed E-state index contributed by atoms with van der Waals surface area (Å²) >= 11 is 3.30. The fourth-order valence-corrected chi connectivity index (χ4v) is 3.91. The zero-order valence-electron chi connectivity index (χ0n) is 11.9. The van der Waals surface area contributed by atoms with Gasteiger partial charge in [0.05, 0.1) is 16.5 Å².